The van der Waals surface area contributed by atoms with Crippen molar-refractivity contribution in [3.05, 3.63) is 23.7 Å². The van der Waals surface area contributed by atoms with Crippen LogP contribution in [0, 0.1) is 0 Å². The van der Waals surface area contributed by atoms with E-state index in [9.17, 15) is 9.59 Å². The highest BCUT2D eigenvalue weighted by atomic mass is 16.6. The number of carboxylic acids is 1. The molecule has 0 aromatic carbocycles. The second kappa shape index (κ2) is 7.12. The summed E-state index contributed by atoms with van der Waals surface area (Å²) in [5.74, 6) is -0.498. The summed E-state index contributed by atoms with van der Waals surface area (Å²) in [5, 5.41) is 14.5. The molecule has 0 saturated heterocycles. The number of nitrogens with one attached hydrogen (secondary N) is 2. The maximum Gasteiger partial charge on any atom is 0.407 e. The minimum atomic E-state index is -1.02. The molecular formula is C14H22N2O5. The fourth-order valence-corrected chi connectivity index (χ4v) is 1.56. The molecule has 0 spiro atoms. The van der Waals surface area contributed by atoms with Crippen molar-refractivity contribution in [1.29, 1.82) is 0 Å². The first kappa shape index (κ1) is 17.0. The van der Waals surface area contributed by atoms with Crippen molar-refractivity contribution in [3.63, 3.8) is 0 Å². The van der Waals surface area contributed by atoms with Crippen LogP contribution in [-0.4, -0.2) is 35.4 Å². The minimum absolute atomic E-state index is 0.117. The number of alkyl carbamates (subject to hydrolysis) is 1. The number of furan rings is 1. The van der Waals surface area contributed by atoms with Gasteiger partial charge in [0.1, 0.15) is 17.6 Å². The molecule has 1 unspecified atom stereocenters. The molecule has 0 bridgehead atoms. The zero-order valence-electron chi connectivity index (χ0n) is 12.7. The van der Waals surface area contributed by atoms with Gasteiger partial charge in [0.25, 0.3) is 0 Å². The Labute approximate surface area is 123 Å². The van der Waals surface area contributed by atoms with E-state index in [2.05, 4.69) is 10.6 Å². The molecule has 0 saturated carbocycles. The molecule has 1 aromatic rings. The number of rotatable bonds is 6. The van der Waals surface area contributed by atoms with Crippen LogP contribution in [-0.2, 0) is 11.3 Å². The molecule has 0 radical (unpaired) electrons. The Balaban J connectivity index is 2.28. The van der Waals surface area contributed by atoms with E-state index < -0.39 is 17.7 Å². The molecule has 0 aliphatic heterocycles. The Morgan fingerprint density at radius 1 is 1.43 bits per heavy atom. The summed E-state index contributed by atoms with van der Waals surface area (Å²) in [4.78, 5) is 22.2. The van der Waals surface area contributed by atoms with Crippen molar-refractivity contribution in [3.8, 4) is 0 Å². The molecule has 118 valence electrons. The molecular weight excluding hydrogens is 276 g/mol. The van der Waals surface area contributed by atoms with Crippen molar-refractivity contribution in [2.24, 2.45) is 0 Å². The van der Waals surface area contributed by atoms with E-state index >= 15 is 0 Å². The highest BCUT2D eigenvalue weighted by Crippen LogP contribution is 2.08. The van der Waals surface area contributed by atoms with Crippen molar-refractivity contribution >= 4 is 12.1 Å². The van der Waals surface area contributed by atoms with Gasteiger partial charge in [0.15, 0.2) is 0 Å². The molecule has 1 aromatic heterocycles. The van der Waals surface area contributed by atoms with Gasteiger partial charge in [-0.25, -0.2) is 9.59 Å². The van der Waals surface area contributed by atoms with E-state index in [1.807, 2.05) is 6.92 Å². The number of ether oxygens (including phenoxy) is 1. The first-order chi connectivity index (χ1) is 9.67. The molecule has 1 heterocycles. The quantitative estimate of drug-likeness (QED) is 0.742. The average Bonchev–Trinajstić information content (AvgIpc) is 2.74. The summed E-state index contributed by atoms with van der Waals surface area (Å²) in [6, 6.07) is 1.33. The third kappa shape index (κ3) is 6.80. The lowest BCUT2D eigenvalue weighted by Crippen LogP contribution is -2.42. The number of hydrogen-bond donors (Lipinski definition) is 3. The van der Waals surface area contributed by atoms with Crippen LogP contribution < -0.4 is 10.6 Å². The highest BCUT2D eigenvalue weighted by molar-refractivity contribution is 5.87. The van der Waals surface area contributed by atoms with Gasteiger partial charge in [-0.1, -0.05) is 0 Å². The lowest BCUT2D eigenvalue weighted by atomic mass is 10.2. The topological polar surface area (TPSA) is 101 Å². The van der Waals surface area contributed by atoms with E-state index in [0.717, 1.165) is 0 Å². The average molecular weight is 298 g/mol. The summed E-state index contributed by atoms with van der Waals surface area (Å²) in [7, 11) is 0. The minimum Gasteiger partial charge on any atom is -0.478 e. The second-order valence-electron chi connectivity index (χ2n) is 5.79. The van der Waals surface area contributed by atoms with Crippen LogP contribution in [0.3, 0.4) is 0 Å². The van der Waals surface area contributed by atoms with Crippen LogP contribution in [0.1, 0.15) is 43.8 Å². The fraction of sp³-hybridized carbons (Fsp3) is 0.571. The molecule has 1 rings (SSSR count). The van der Waals surface area contributed by atoms with Crippen molar-refractivity contribution in [1.82, 2.24) is 10.6 Å². The Morgan fingerprint density at radius 2 is 2.10 bits per heavy atom. The van der Waals surface area contributed by atoms with Crippen LogP contribution >= 0.6 is 0 Å². The van der Waals surface area contributed by atoms with Gasteiger partial charge in [-0.2, -0.15) is 0 Å². The second-order valence-corrected chi connectivity index (χ2v) is 5.79. The van der Waals surface area contributed by atoms with Gasteiger partial charge in [-0.3, -0.25) is 0 Å². The predicted molar refractivity (Wildman–Crippen MR) is 76.2 cm³/mol. The van der Waals surface area contributed by atoms with E-state index in [1.165, 1.54) is 12.3 Å². The standard InChI is InChI=1S/C14H22N2O5/c1-9(16-13(19)21-14(2,3)4)6-15-7-11-5-10(8-20-11)12(17)18/h5,8-9,15H,6-7H2,1-4H3,(H,16,19)(H,17,18). The summed E-state index contributed by atoms with van der Waals surface area (Å²) >= 11 is 0. The highest BCUT2D eigenvalue weighted by Gasteiger charge is 2.17. The smallest absolute Gasteiger partial charge is 0.407 e. The van der Waals surface area contributed by atoms with E-state index in [4.69, 9.17) is 14.3 Å². The lowest BCUT2D eigenvalue weighted by molar-refractivity contribution is 0.0507. The van der Waals surface area contributed by atoms with E-state index in [-0.39, 0.29) is 11.6 Å². The molecule has 7 heteroatoms. The number of carboxylic acid groups (broad SMARTS) is 1. The molecule has 3 N–H and O–H groups in total. The van der Waals surface area contributed by atoms with Gasteiger partial charge < -0.3 is 24.9 Å². The van der Waals surface area contributed by atoms with Crippen LogP contribution in [0.25, 0.3) is 0 Å². The van der Waals surface area contributed by atoms with Crippen LogP contribution in [0.5, 0.6) is 0 Å². The molecule has 0 aliphatic rings. The number of carbonyl (C=O) groups is 2. The van der Waals surface area contributed by atoms with Crippen molar-refractivity contribution < 1.29 is 23.8 Å². The third-order valence-corrected chi connectivity index (χ3v) is 2.41. The maximum absolute atomic E-state index is 11.5. The third-order valence-electron chi connectivity index (χ3n) is 2.41. The SMILES string of the molecule is CC(CNCc1cc(C(=O)O)co1)NC(=O)OC(C)(C)C. The fourth-order valence-electron chi connectivity index (χ4n) is 1.56. The van der Waals surface area contributed by atoms with Gasteiger partial charge in [0.05, 0.1) is 12.1 Å². The van der Waals surface area contributed by atoms with Gasteiger partial charge >= 0.3 is 12.1 Å². The van der Waals surface area contributed by atoms with Gasteiger partial charge in [-0.15, -0.1) is 0 Å². The maximum atomic E-state index is 11.5. The first-order valence-electron chi connectivity index (χ1n) is 6.68. The van der Waals surface area contributed by atoms with E-state index in [0.29, 0.717) is 18.8 Å². The normalized spacial score (nSPS) is 12.8. The number of amides is 1. The Hall–Kier alpha value is -2.02. The Kier molecular flexibility index (Phi) is 5.78. The number of carbonyl (C=O) groups excluding carboxylic acids is 1. The predicted octanol–water partition coefficient (Wildman–Crippen LogP) is 1.98. The van der Waals surface area contributed by atoms with Gasteiger partial charge in [0.2, 0.25) is 0 Å². The Bertz CT molecular complexity index is 490. The summed E-state index contributed by atoms with van der Waals surface area (Å²) in [6.45, 7) is 8.11. The molecule has 1 atom stereocenters. The Morgan fingerprint density at radius 3 is 2.62 bits per heavy atom. The molecule has 21 heavy (non-hydrogen) atoms. The largest absolute Gasteiger partial charge is 0.478 e. The molecule has 1 amide bonds. The molecule has 7 nitrogen and oxygen atoms in total. The van der Waals surface area contributed by atoms with E-state index in [1.54, 1.807) is 20.8 Å². The number of hydrogen-bond acceptors (Lipinski definition) is 5. The summed E-state index contributed by atoms with van der Waals surface area (Å²) in [5.41, 5.74) is -0.412. The number of aromatic carboxylic acids is 1. The van der Waals surface area contributed by atoms with Crippen molar-refractivity contribution in [2.75, 3.05) is 6.54 Å². The first-order valence-corrected chi connectivity index (χ1v) is 6.68. The van der Waals surface area contributed by atoms with Crippen LogP contribution in [0.2, 0.25) is 0 Å². The van der Waals surface area contributed by atoms with Gasteiger partial charge in [-0.05, 0) is 33.8 Å². The van der Waals surface area contributed by atoms with Crippen LogP contribution in [0.15, 0.2) is 16.7 Å². The summed E-state index contributed by atoms with van der Waals surface area (Å²) < 4.78 is 10.2. The summed E-state index contributed by atoms with van der Waals surface area (Å²) in [6.07, 6.45) is 0.727. The van der Waals surface area contributed by atoms with Crippen LogP contribution in [0.4, 0.5) is 4.79 Å². The monoisotopic (exact) mass is 298 g/mol. The van der Waals surface area contributed by atoms with Gasteiger partial charge in [0, 0.05) is 12.6 Å². The zero-order valence-corrected chi connectivity index (χ0v) is 12.7. The molecule has 0 aliphatic carbocycles. The van der Waals surface area contributed by atoms with Crippen molar-refractivity contribution in [2.45, 2.75) is 45.9 Å². The molecule has 0 fully saturated rings. The lowest BCUT2D eigenvalue weighted by Gasteiger charge is -2.22. The zero-order chi connectivity index (χ0) is 16.0.